The third-order valence-corrected chi connectivity index (χ3v) is 3.08. The quantitative estimate of drug-likeness (QED) is 0.781. The average molecular weight is 228 g/mol. The molecule has 0 radical (unpaired) electrons. The third kappa shape index (κ3) is 4.10. The lowest BCUT2D eigenvalue weighted by molar-refractivity contribution is -0.133. The molecule has 4 nitrogen and oxygen atoms in total. The minimum absolute atomic E-state index is 0.168. The summed E-state index contributed by atoms with van der Waals surface area (Å²) in [6.07, 6.45) is 1.57. The molecule has 1 N–H and O–H groups in total. The number of piperazine rings is 1. The number of carbonyl (C=O) groups excluding carboxylic acids is 1. The van der Waals surface area contributed by atoms with Gasteiger partial charge in [0.05, 0.1) is 6.10 Å². The lowest BCUT2D eigenvalue weighted by atomic mass is 10.1. The maximum Gasteiger partial charge on any atom is 0.222 e. The van der Waals surface area contributed by atoms with Crippen LogP contribution >= 0.6 is 0 Å². The molecule has 1 aliphatic heterocycles. The van der Waals surface area contributed by atoms with Crippen LogP contribution in [0.5, 0.6) is 0 Å². The Morgan fingerprint density at radius 2 is 2.00 bits per heavy atom. The molecule has 94 valence electrons. The van der Waals surface area contributed by atoms with Crippen molar-refractivity contribution >= 4 is 5.91 Å². The molecule has 0 aliphatic carbocycles. The molecule has 3 unspecified atom stereocenters. The van der Waals surface area contributed by atoms with E-state index in [9.17, 15) is 4.79 Å². The lowest BCUT2D eigenvalue weighted by Crippen LogP contribution is -2.55. The van der Waals surface area contributed by atoms with Gasteiger partial charge in [-0.3, -0.25) is 4.79 Å². The van der Waals surface area contributed by atoms with Crippen molar-refractivity contribution in [2.75, 3.05) is 20.2 Å². The second-order valence-corrected chi connectivity index (χ2v) is 4.85. The van der Waals surface area contributed by atoms with Crippen LogP contribution in [0.15, 0.2) is 0 Å². The van der Waals surface area contributed by atoms with E-state index < -0.39 is 0 Å². The molecule has 1 amide bonds. The van der Waals surface area contributed by atoms with Gasteiger partial charge in [-0.25, -0.2) is 0 Å². The van der Waals surface area contributed by atoms with Crippen molar-refractivity contribution in [1.82, 2.24) is 10.2 Å². The Hall–Kier alpha value is -0.610. The summed E-state index contributed by atoms with van der Waals surface area (Å²) >= 11 is 0. The Kier molecular flexibility index (Phi) is 5.22. The zero-order valence-electron chi connectivity index (χ0n) is 10.8. The average Bonchev–Trinajstić information content (AvgIpc) is 2.23. The van der Waals surface area contributed by atoms with Gasteiger partial charge in [0.1, 0.15) is 0 Å². The number of ether oxygens (including phenoxy) is 1. The van der Waals surface area contributed by atoms with Gasteiger partial charge in [0.15, 0.2) is 0 Å². The first-order valence-corrected chi connectivity index (χ1v) is 6.09. The molecule has 1 rings (SSSR count). The molecular formula is C12H24N2O2. The first kappa shape index (κ1) is 13.5. The molecule has 16 heavy (non-hydrogen) atoms. The molecule has 1 aliphatic rings. The third-order valence-electron chi connectivity index (χ3n) is 3.08. The fourth-order valence-electron chi connectivity index (χ4n) is 2.13. The van der Waals surface area contributed by atoms with Crippen LogP contribution in [-0.2, 0) is 9.53 Å². The van der Waals surface area contributed by atoms with E-state index in [1.807, 2.05) is 11.8 Å². The van der Waals surface area contributed by atoms with Crippen LogP contribution in [0.1, 0.15) is 33.6 Å². The van der Waals surface area contributed by atoms with E-state index in [2.05, 4.69) is 19.2 Å². The summed E-state index contributed by atoms with van der Waals surface area (Å²) in [6.45, 7) is 7.88. The Labute approximate surface area is 98.3 Å². The molecule has 0 aromatic heterocycles. The van der Waals surface area contributed by atoms with Gasteiger partial charge in [-0.05, 0) is 27.2 Å². The van der Waals surface area contributed by atoms with Gasteiger partial charge >= 0.3 is 0 Å². The second kappa shape index (κ2) is 6.21. The minimum Gasteiger partial charge on any atom is -0.382 e. The predicted molar refractivity (Wildman–Crippen MR) is 64.3 cm³/mol. The van der Waals surface area contributed by atoms with Gasteiger partial charge in [0.2, 0.25) is 5.91 Å². The topological polar surface area (TPSA) is 41.6 Å². The van der Waals surface area contributed by atoms with E-state index in [1.165, 1.54) is 0 Å². The first-order valence-electron chi connectivity index (χ1n) is 6.09. The fourth-order valence-corrected chi connectivity index (χ4v) is 2.13. The monoisotopic (exact) mass is 228 g/mol. The minimum atomic E-state index is 0.168. The van der Waals surface area contributed by atoms with Gasteiger partial charge < -0.3 is 15.0 Å². The van der Waals surface area contributed by atoms with E-state index in [0.29, 0.717) is 18.5 Å². The van der Waals surface area contributed by atoms with Crippen molar-refractivity contribution in [1.29, 1.82) is 0 Å². The Bertz CT molecular complexity index is 223. The zero-order valence-corrected chi connectivity index (χ0v) is 10.8. The highest BCUT2D eigenvalue weighted by atomic mass is 16.5. The van der Waals surface area contributed by atoms with Crippen molar-refractivity contribution in [3.63, 3.8) is 0 Å². The van der Waals surface area contributed by atoms with E-state index in [-0.39, 0.29) is 12.0 Å². The fraction of sp³-hybridized carbons (Fsp3) is 0.917. The van der Waals surface area contributed by atoms with Gasteiger partial charge in [0.25, 0.3) is 0 Å². The van der Waals surface area contributed by atoms with E-state index in [0.717, 1.165) is 19.5 Å². The molecule has 0 bridgehead atoms. The Morgan fingerprint density at radius 3 is 2.50 bits per heavy atom. The maximum atomic E-state index is 12.0. The predicted octanol–water partition coefficient (Wildman–Crippen LogP) is 1.01. The van der Waals surface area contributed by atoms with Crippen LogP contribution in [0.25, 0.3) is 0 Å². The lowest BCUT2D eigenvalue weighted by Gasteiger charge is -2.36. The van der Waals surface area contributed by atoms with Crippen molar-refractivity contribution < 1.29 is 9.53 Å². The molecule has 1 saturated heterocycles. The summed E-state index contributed by atoms with van der Waals surface area (Å²) in [5.74, 6) is 0.254. The van der Waals surface area contributed by atoms with Gasteiger partial charge in [-0.2, -0.15) is 0 Å². The number of hydrogen-bond donors (Lipinski definition) is 1. The molecular weight excluding hydrogens is 204 g/mol. The van der Waals surface area contributed by atoms with Crippen molar-refractivity contribution in [3.8, 4) is 0 Å². The summed E-state index contributed by atoms with van der Waals surface area (Å²) in [5.41, 5.74) is 0. The second-order valence-electron chi connectivity index (χ2n) is 4.85. The standard InChI is InChI=1S/C12H24N2O2/c1-9-7-14(8-10(2)13-9)12(15)6-5-11(3)16-4/h9-11,13H,5-8H2,1-4H3. The summed E-state index contributed by atoms with van der Waals surface area (Å²) in [5, 5.41) is 3.42. The van der Waals surface area contributed by atoms with E-state index in [1.54, 1.807) is 7.11 Å². The number of nitrogens with zero attached hydrogens (tertiary/aromatic N) is 1. The van der Waals surface area contributed by atoms with Gasteiger partial charge in [0, 0.05) is 38.7 Å². The number of rotatable bonds is 4. The van der Waals surface area contributed by atoms with Crippen LogP contribution in [0.4, 0.5) is 0 Å². The summed E-state index contributed by atoms with van der Waals surface area (Å²) < 4.78 is 5.15. The smallest absolute Gasteiger partial charge is 0.222 e. The zero-order chi connectivity index (χ0) is 12.1. The highest BCUT2D eigenvalue weighted by Crippen LogP contribution is 2.09. The molecule has 0 saturated carbocycles. The number of nitrogens with one attached hydrogen (secondary N) is 1. The van der Waals surface area contributed by atoms with Crippen LogP contribution in [0, 0.1) is 0 Å². The molecule has 0 aromatic carbocycles. The van der Waals surface area contributed by atoms with Crippen molar-refractivity contribution in [2.24, 2.45) is 0 Å². The molecule has 0 spiro atoms. The van der Waals surface area contributed by atoms with Crippen LogP contribution in [-0.4, -0.2) is 49.2 Å². The number of amides is 1. The summed E-state index contributed by atoms with van der Waals surface area (Å²) in [6, 6.07) is 0.792. The van der Waals surface area contributed by atoms with Crippen molar-refractivity contribution in [3.05, 3.63) is 0 Å². The normalized spacial score (nSPS) is 27.9. The van der Waals surface area contributed by atoms with Gasteiger partial charge in [-0.15, -0.1) is 0 Å². The highest BCUT2D eigenvalue weighted by molar-refractivity contribution is 5.76. The number of methoxy groups -OCH3 is 1. The van der Waals surface area contributed by atoms with Crippen LogP contribution in [0.3, 0.4) is 0 Å². The van der Waals surface area contributed by atoms with Gasteiger partial charge in [-0.1, -0.05) is 0 Å². The number of carbonyl (C=O) groups is 1. The summed E-state index contributed by atoms with van der Waals surface area (Å²) in [4.78, 5) is 13.9. The van der Waals surface area contributed by atoms with E-state index >= 15 is 0 Å². The van der Waals surface area contributed by atoms with Crippen LogP contribution < -0.4 is 5.32 Å². The van der Waals surface area contributed by atoms with Crippen LogP contribution in [0.2, 0.25) is 0 Å². The first-order chi connectivity index (χ1) is 7.52. The SMILES string of the molecule is COC(C)CCC(=O)N1CC(C)NC(C)C1. The maximum absolute atomic E-state index is 12.0. The largest absolute Gasteiger partial charge is 0.382 e. The summed E-state index contributed by atoms with van der Waals surface area (Å²) in [7, 11) is 1.68. The van der Waals surface area contributed by atoms with Crippen molar-refractivity contribution in [2.45, 2.75) is 51.8 Å². The molecule has 3 atom stereocenters. The molecule has 0 aromatic rings. The number of hydrogen-bond acceptors (Lipinski definition) is 3. The molecule has 4 heteroatoms. The molecule has 1 fully saturated rings. The van der Waals surface area contributed by atoms with E-state index in [4.69, 9.17) is 4.74 Å². The Balaban J connectivity index is 2.35. The molecule has 1 heterocycles. The highest BCUT2D eigenvalue weighted by Gasteiger charge is 2.24. The Morgan fingerprint density at radius 1 is 1.44 bits per heavy atom.